The Morgan fingerprint density at radius 3 is 2.92 bits per heavy atom. The molecule has 1 aliphatic carbocycles. The molecular formula is C18H23N5O2S. The van der Waals surface area contributed by atoms with Gasteiger partial charge in [0, 0.05) is 17.3 Å². The molecule has 8 heteroatoms. The van der Waals surface area contributed by atoms with Crippen molar-refractivity contribution in [3.8, 4) is 5.88 Å². The molecule has 3 heterocycles. The molecule has 0 saturated heterocycles. The predicted octanol–water partition coefficient (Wildman–Crippen LogP) is 3.34. The van der Waals surface area contributed by atoms with Crippen LogP contribution in [0, 0.1) is 5.41 Å². The summed E-state index contributed by atoms with van der Waals surface area (Å²) >= 11 is 1.63. The lowest BCUT2D eigenvalue weighted by atomic mass is 9.98. The molecule has 138 valence electrons. The third-order valence-electron chi connectivity index (χ3n) is 4.85. The first-order valence-electron chi connectivity index (χ1n) is 9.04. The molecular weight excluding hydrogens is 350 g/mol. The number of ether oxygens (including phenoxy) is 2. The smallest absolute Gasteiger partial charge is 0.232 e. The Labute approximate surface area is 156 Å². The molecule has 7 nitrogen and oxygen atoms in total. The maximum absolute atomic E-state index is 7.40. The molecule has 26 heavy (non-hydrogen) atoms. The molecule has 1 saturated carbocycles. The summed E-state index contributed by atoms with van der Waals surface area (Å²) < 4.78 is 11.9. The van der Waals surface area contributed by atoms with Crippen LogP contribution < -0.4 is 15.8 Å². The van der Waals surface area contributed by atoms with E-state index in [0.29, 0.717) is 24.1 Å². The van der Waals surface area contributed by atoms with Crippen LogP contribution in [0.25, 0.3) is 10.2 Å². The second-order valence-corrected chi connectivity index (χ2v) is 7.69. The van der Waals surface area contributed by atoms with E-state index in [1.54, 1.807) is 11.3 Å². The van der Waals surface area contributed by atoms with Crippen LogP contribution in [0.5, 0.6) is 5.88 Å². The zero-order valence-electron chi connectivity index (χ0n) is 14.6. The van der Waals surface area contributed by atoms with Gasteiger partial charge >= 0.3 is 0 Å². The minimum absolute atomic E-state index is 0.206. The van der Waals surface area contributed by atoms with Crippen molar-refractivity contribution in [2.75, 3.05) is 11.9 Å². The first kappa shape index (κ1) is 17.2. The predicted molar refractivity (Wildman–Crippen MR) is 103 cm³/mol. The first-order chi connectivity index (χ1) is 12.8. The monoisotopic (exact) mass is 373 g/mol. The number of hydrogen-bond donors (Lipinski definition) is 3. The molecule has 0 bridgehead atoms. The van der Waals surface area contributed by atoms with Crippen LogP contribution in [0.1, 0.15) is 42.5 Å². The van der Waals surface area contributed by atoms with E-state index in [0.717, 1.165) is 42.3 Å². The largest absolute Gasteiger partial charge is 0.474 e. The molecule has 1 aliphatic heterocycles. The van der Waals surface area contributed by atoms with Crippen molar-refractivity contribution in [3.63, 3.8) is 0 Å². The summed E-state index contributed by atoms with van der Waals surface area (Å²) in [5.74, 6) is 1.05. The molecule has 2 aromatic rings. The second-order valence-electron chi connectivity index (χ2n) is 6.61. The number of anilines is 1. The summed E-state index contributed by atoms with van der Waals surface area (Å²) in [7, 11) is 0. The van der Waals surface area contributed by atoms with Crippen molar-refractivity contribution < 1.29 is 9.47 Å². The number of thiophene rings is 1. The van der Waals surface area contributed by atoms with Crippen molar-refractivity contribution in [1.29, 1.82) is 5.41 Å². The van der Waals surface area contributed by atoms with E-state index < -0.39 is 0 Å². The number of nitrogens with two attached hydrogens (primary N) is 1. The van der Waals surface area contributed by atoms with Crippen LogP contribution in [0.2, 0.25) is 0 Å². The summed E-state index contributed by atoms with van der Waals surface area (Å²) in [6.45, 7) is 1.34. The quantitative estimate of drug-likeness (QED) is 0.694. The lowest BCUT2D eigenvalue weighted by molar-refractivity contribution is 0.114. The van der Waals surface area contributed by atoms with Gasteiger partial charge in [-0.05, 0) is 37.7 Å². The van der Waals surface area contributed by atoms with Crippen LogP contribution in [-0.4, -0.2) is 28.9 Å². The summed E-state index contributed by atoms with van der Waals surface area (Å²) in [6.07, 6.45) is 9.36. The maximum atomic E-state index is 7.40. The number of aromatic nitrogens is 2. The van der Waals surface area contributed by atoms with Crippen molar-refractivity contribution in [3.05, 3.63) is 22.3 Å². The molecule has 1 fully saturated rings. The van der Waals surface area contributed by atoms with Gasteiger partial charge in [-0.15, -0.1) is 11.3 Å². The van der Waals surface area contributed by atoms with Crippen LogP contribution in [0.4, 0.5) is 5.95 Å². The number of nitrogens with one attached hydrogen (secondary N) is 2. The number of fused-ring (bicyclic) bond motifs is 3. The normalized spacial score (nSPS) is 18.5. The van der Waals surface area contributed by atoms with E-state index in [1.807, 2.05) is 0 Å². The van der Waals surface area contributed by atoms with Gasteiger partial charge in [0.25, 0.3) is 0 Å². The Hall–Kier alpha value is -2.19. The topological polar surface area (TPSA) is 106 Å². The number of rotatable bonds is 5. The third kappa shape index (κ3) is 3.39. The molecule has 0 radical (unpaired) electrons. The van der Waals surface area contributed by atoms with Crippen LogP contribution in [-0.2, 0) is 17.8 Å². The fraction of sp³-hybridized carbons (Fsp3) is 0.500. The molecule has 4 N–H and O–H groups in total. The molecule has 0 unspecified atom stereocenters. The molecule has 4 rings (SSSR count). The number of nitrogens with zero attached hydrogens (tertiary/aromatic N) is 2. The highest BCUT2D eigenvalue weighted by atomic mass is 32.1. The van der Waals surface area contributed by atoms with Gasteiger partial charge in [0.15, 0.2) is 0 Å². The lowest BCUT2D eigenvalue weighted by Crippen LogP contribution is -2.21. The fourth-order valence-electron chi connectivity index (χ4n) is 3.53. The van der Waals surface area contributed by atoms with Gasteiger partial charge in [-0.1, -0.05) is 6.42 Å². The SMILES string of the molecule is N=CC(=CN)Nc1nc(OC2CCCCC2)c2c3c(sc2n1)COCC3. The molecule has 0 atom stereocenters. The Morgan fingerprint density at radius 2 is 2.15 bits per heavy atom. The van der Waals surface area contributed by atoms with Gasteiger partial charge in [-0.2, -0.15) is 4.98 Å². The van der Waals surface area contributed by atoms with Gasteiger partial charge < -0.3 is 25.9 Å². The summed E-state index contributed by atoms with van der Waals surface area (Å²) in [6, 6.07) is 0. The fourth-order valence-corrected chi connectivity index (χ4v) is 4.68. The van der Waals surface area contributed by atoms with Crippen molar-refractivity contribution >= 4 is 33.7 Å². The Bertz CT molecular complexity index is 842. The molecule has 0 amide bonds. The average molecular weight is 373 g/mol. The molecule has 2 aliphatic rings. The highest BCUT2D eigenvalue weighted by Crippen LogP contribution is 2.39. The minimum Gasteiger partial charge on any atom is -0.474 e. The Kier molecular flexibility index (Phi) is 5.03. The van der Waals surface area contributed by atoms with Gasteiger partial charge in [-0.25, -0.2) is 4.98 Å². The Balaban J connectivity index is 1.76. The Morgan fingerprint density at radius 1 is 1.31 bits per heavy atom. The van der Waals surface area contributed by atoms with Gasteiger partial charge in [0.1, 0.15) is 10.9 Å². The lowest BCUT2D eigenvalue weighted by Gasteiger charge is -2.23. The maximum Gasteiger partial charge on any atom is 0.232 e. The molecule has 0 spiro atoms. The van der Waals surface area contributed by atoms with E-state index in [9.17, 15) is 0 Å². The second kappa shape index (κ2) is 7.59. The van der Waals surface area contributed by atoms with E-state index in [1.165, 1.54) is 35.9 Å². The van der Waals surface area contributed by atoms with Crippen molar-refractivity contribution in [2.24, 2.45) is 5.73 Å². The third-order valence-corrected chi connectivity index (χ3v) is 5.95. The van der Waals surface area contributed by atoms with E-state index in [2.05, 4.69) is 15.3 Å². The zero-order valence-corrected chi connectivity index (χ0v) is 15.4. The van der Waals surface area contributed by atoms with Gasteiger partial charge in [0.2, 0.25) is 11.8 Å². The van der Waals surface area contributed by atoms with Crippen LogP contribution >= 0.6 is 11.3 Å². The van der Waals surface area contributed by atoms with Gasteiger partial charge in [-0.3, -0.25) is 0 Å². The minimum atomic E-state index is 0.206. The van der Waals surface area contributed by atoms with Gasteiger partial charge in [0.05, 0.1) is 24.3 Å². The average Bonchev–Trinajstić information content (AvgIpc) is 3.05. The van der Waals surface area contributed by atoms with E-state index >= 15 is 0 Å². The van der Waals surface area contributed by atoms with E-state index in [-0.39, 0.29) is 6.10 Å². The molecule has 0 aromatic carbocycles. The number of allylic oxidation sites excluding steroid dienone is 1. The highest BCUT2D eigenvalue weighted by Gasteiger charge is 2.25. The summed E-state index contributed by atoms with van der Waals surface area (Å²) in [5, 5.41) is 11.4. The summed E-state index contributed by atoms with van der Waals surface area (Å²) in [4.78, 5) is 11.4. The van der Waals surface area contributed by atoms with E-state index in [4.69, 9.17) is 20.6 Å². The van der Waals surface area contributed by atoms with Crippen LogP contribution in [0.15, 0.2) is 11.9 Å². The van der Waals surface area contributed by atoms with Crippen molar-refractivity contribution in [2.45, 2.75) is 51.2 Å². The molecule has 2 aromatic heterocycles. The van der Waals surface area contributed by atoms with Crippen LogP contribution in [0.3, 0.4) is 0 Å². The first-order valence-corrected chi connectivity index (χ1v) is 9.86. The number of hydrogen-bond acceptors (Lipinski definition) is 8. The standard InChI is InChI=1S/C18H23N5O2S/c19-8-11(9-20)21-18-22-16(25-12-4-2-1-3-5-12)15-13-6-7-24-10-14(13)26-17(15)23-18/h8-9,12,19H,1-7,10,20H2,(H,21,22,23). The highest BCUT2D eigenvalue weighted by molar-refractivity contribution is 7.18. The summed E-state index contributed by atoms with van der Waals surface area (Å²) in [5.41, 5.74) is 7.24. The van der Waals surface area contributed by atoms with Crippen molar-refractivity contribution in [1.82, 2.24) is 9.97 Å². The zero-order chi connectivity index (χ0) is 17.9.